The van der Waals surface area contributed by atoms with Crippen LogP contribution in [-0.4, -0.2) is 61.1 Å². The van der Waals surface area contributed by atoms with Crippen molar-refractivity contribution in [2.24, 2.45) is 0 Å². The van der Waals surface area contributed by atoms with Gasteiger partial charge < -0.3 is 15.0 Å². The average molecular weight is 600 g/mol. The van der Waals surface area contributed by atoms with Crippen LogP contribution < -0.4 is 5.32 Å². The van der Waals surface area contributed by atoms with Crippen LogP contribution in [0.3, 0.4) is 0 Å². The minimum Gasteiger partial charge on any atom is -0.376 e. The first-order chi connectivity index (χ1) is 19.7. The Morgan fingerprint density at radius 3 is 2.49 bits per heavy atom. The molecule has 0 bridgehead atoms. The molecule has 0 radical (unpaired) electrons. The molecule has 2 atom stereocenters. The summed E-state index contributed by atoms with van der Waals surface area (Å²) in [6.45, 7) is -0.453. The number of ether oxygens (including phenoxy) is 1. The van der Waals surface area contributed by atoms with Gasteiger partial charge in [-0.2, -0.15) is 0 Å². The number of carbonyl (C=O) groups excluding carboxylic acids is 3. The second kappa shape index (κ2) is 12.0. The van der Waals surface area contributed by atoms with Crippen LogP contribution in [0.25, 0.3) is 0 Å². The van der Waals surface area contributed by atoms with Gasteiger partial charge in [-0.05, 0) is 42.7 Å². The Morgan fingerprint density at radius 1 is 1.07 bits per heavy atom. The molecule has 0 saturated carbocycles. The lowest BCUT2D eigenvalue weighted by atomic mass is 10.0. The van der Waals surface area contributed by atoms with Crippen LogP contribution in [0.1, 0.15) is 40.4 Å². The SMILES string of the molecule is O=C(NCC1CCCO1)C(c1ccccc1F)N(Cc1ccccc1Cl)C(=O)CN1C(=O)c2ccccc2S1(=O)=O. The Morgan fingerprint density at radius 2 is 1.78 bits per heavy atom. The predicted molar refractivity (Wildman–Crippen MR) is 148 cm³/mol. The van der Waals surface area contributed by atoms with Gasteiger partial charge in [0.2, 0.25) is 11.8 Å². The molecule has 2 aliphatic heterocycles. The molecule has 9 nitrogen and oxygen atoms in total. The number of nitrogens with zero attached hydrogens (tertiary/aromatic N) is 2. The Hall–Kier alpha value is -3.80. The van der Waals surface area contributed by atoms with Crippen LogP contribution >= 0.6 is 11.6 Å². The van der Waals surface area contributed by atoms with E-state index < -0.39 is 46.1 Å². The molecule has 0 aromatic heterocycles. The number of hydrogen-bond acceptors (Lipinski definition) is 6. The van der Waals surface area contributed by atoms with Gasteiger partial charge in [-0.3, -0.25) is 14.4 Å². The number of halogens is 2. The van der Waals surface area contributed by atoms with Crippen molar-refractivity contribution in [3.05, 3.63) is 100 Å². The maximum absolute atomic E-state index is 15.2. The Bertz CT molecular complexity index is 1590. The highest BCUT2D eigenvalue weighted by molar-refractivity contribution is 7.90. The zero-order valence-electron chi connectivity index (χ0n) is 21.8. The fourth-order valence-electron chi connectivity index (χ4n) is 5.00. The molecule has 3 aromatic carbocycles. The summed E-state index contributed by atoms with van der Waals surface area (Å²) in [7, 11) is -4.33. The number of rotatable bonds is 9. The highest BCUT2D eigenvalue weighted by Gasteiger charge is 2.44. The molecule has 2 aliphatic rings. The van der Waals surface area contributed by atoms with Gasteiger partial charge in [0.25, 0.3) is 15.9 Å². The number of hydrogen-bond donors (Lipinski definition) is 1. The van der Waals surface area contributed by atoms with E-state index in [1.54, 1.807) is 24.3 Å². The fourth-order valence-corrected chi connectivity index (χ4v) is 6.71. The van der Waals surface area contributed by atoms with E-state index >= 15 is 4.39 Å². The van der Waals surface area contributed by atoms with E-state index in [1.165, 1.54) is 48.5 Å². The molecule has 1 N–H and O–H groups in total. The number of benzene rings is 3. The van der Waals surface area contributed by atoms with E-state index in [9.17, 15) is 22.8 Å². The van der Waals surface area contributed by atoms with E-state index in [1.807, 2.05) is 0 Å². The summed E-state index contributed by atoms with van der Waals surface area (Å²) in [4.78, 5) is 41.6. The first-order valence-corrected chi connectivity index (χ1v) is 14.8. The van der Waals surface area contributed by atoms with Gasteiger partial charge in [0, 0.05) is 30.3 Å². The summed E-state index contributed by atoms with van der Waals surface area (Å²) in [5.41, 5.74) is 0.282. The van der Waals surface area contributed by atoms with Crippen molar-refractivity contribution in [1.29, 1.82) is 0 Å². The molecule has 5 rings (SSSR count). The number of carbonyl (C=O) groups is 3. The highest BCUT2D eigenvalue weighted by Crippen LogP contribution is 2.32. The van der Waals surface area contributed by atoms with Crippen molar-refractivity contribution < 1.29 is 31.9 Å². The minimum absolute atomic E-state index is 0.0575. The van der Waals surface area contributed by atoms with Crippen molar-refractivity contribution in [3.63, 3.8) is 0 Å². The number of amides is 3. The lowest BCUT2D eigenvalue weighted by Gasteiger charge is -2.33. The third-order valence-corrected chi connectivity index (χ3v) is 9.25. The number of nitrogens with one attached hydrogen (secondary N) is 1. The topological polar surface area (TPSA) is 113 Å². The second-order valence-electron chi connectivity index (χ2n) is 9.73. The van der Waals surface area contributed by atoms with Crippen LogP contribution in [-0.2, 0) is 30.9 Å². The molecule has 3 amide bonds. The normalized spacial score (nSPS) is 18.1. The summed E-state index contributed by atoms with van der Waals surface area (Å²) in [6.07, 6.45) is 1.36. The van der Waals surface area contributed by atoms with Crippen molar-refractivity contribution >= 4 is 39.3 Å². The summed E-state index contributed by atoms with van der Waals surface area (Å²) < 4.78 is 47.7. The van der Waals surface area contributed by atoms with Crippen molar-refractivity contribution in [2.45, 2.75) is 36.4 Å². The predicted octanol–water partition coefficient (Wildman–Crippen LogP) is 3.69. The number of sulfonamides is 1. The summed E-state index contributed by atoms with van der Waals surface area (Å²) >= 11 is 6.39. The monoisotopic (exact) mass is 599 g/mol. The van der Waals surface area contributed by atoms with Crippen LogP contribution in [0.5, 0.6) is 0 Å². The molecule has 2 unspecified atom stereocenters. The molecule has 2 heterocycles. The van der Waals surface area contributed by atoms with Gasteiger partial charge in [-0.15, -0.1) is 0 Å². The van der Waals surface area contributed by atoms with Gasteiger partial charge in [0.15, 0.2) is 0 Å². The van der Waals surface area contributed by atoms with E-state index in [-0.39, 0.29) is 40.2 Å². The lowest BCUT2D eigenvalue weighted by molar-refractivity contribution is -0.141. The molecule has 41 heavy (non-hydrogen) atoms. The Labute approximate surface area is 241 Å². The zero-order chi connectivity index (χ0) is 29.1. The van der Waals surface area contributed by atoms with E-state index in [0.717, 1.165) is 17.7 Å². The van der Waals surface area contributed by atoms with Gasteiger partial charge in [0.1, 0.15) is 23.3 Å². The molecular weight excluding hydrogens is 573 g/mol. The molecular formula is C29H27ClFN3O6S. The average Bonchev–Trinajstić information content (AvgIpc) is 3.55. The van der Waals surface area contributed by atoms with Gasteiger partial charge in [0.05, 0.1) is 11.7 Å². The maximum Gasteiger partial charge on any atom is 0.269 e. The molecule has 1 saturated heterocycles. The largest absolute Gasteiger partial charge is 0.376 e. The molecule has 1 fully saturated rings. The van der Waals surface area contributed by atoms with E-state index in [4.69, 9.17) is 16.3 Å². The number of fused-ring (bicyclic) bond motifs is 1. The Kier molecular flexibility index (Phi) is 8.39. The van der Waals surface area contributed by atoms with Crippen molar-refractivity contribution in [1.82, 2.24) is 14.5 Å². The summed E-state index contributed by atoms with van der Waals surface area (Å²) in [6, 6.07) is 16.3. The molecule has 0 aliphatic carbocycles. The summed E-state index contributed by atoms with van der Waals surface area (Å²) in [5.74, 6) is -3.18. The standard InChI is InChI=1S/C29H27ClFN3O6S/c30-23-12-4-1-8-19(23)17-33(26(35)18-34-29(37)22-11-3-6-14-25(22)41(34,38)39)27(21-10-2-5-13-24(21)31)28(36)32-16-20-9-7-15-40-20/h1-6,8,10-14,20,27H,7,9,15-18H2,(H,32,36). The summed E-state index contributed by atoms with van der Waals surface area (Å²) in [5, 5.41) is 3.05. The first-order valence-electron chi connectivity index (χ1n) is 13.0. The van der Waals surface area contributed by atoms with Gasteiger partial charge >= 0.3 is 0 Å². The minimum atomic E-state index is -4.33. The third-order valence-electron chi connectivity index (χ3n) is 7.10. The molecule has 214 valence electrons. The smallest absolute Gasteiger partial charge is 0.269 e. The maximum atomic E-state index is 15.2. The van der Waals surface area contributed by atoms with Crippen molar-refractivity contribution in [3.8, 4) is 0 Å². The third kappa shape index (κ3) is 5.83. The van der Waals surface area contributed by atoms with Crippen LogP contribution in [0.4, 0.5) is 4.39 Å². The highest BCUT2D eigenvalue weighted by atomic mass is 35.5. The quantitative estimate of drug-likeness (QED) is 0.401. The van der Waals surface area contributed by atoms with Crippen molar-refractivity contribution in [2.75, 3.05) is 19.7 Å². The lowest BCUT2D eigenvalue weighted by Crippen LogP contribution is -2.49. The van der Waals surface area contributed by atoms with Crippen LogP contribution in [0.15, 0.2) is 77.7 Å². The first kappa shape index (κ1) is 28.7. The Balaban J connectivity index is 1.53. The van der Waals surface area contributed by atoms with Crippen LogP contribution in [0.2, 0.25) is 5.02 Å². The van der Waals surface area contributed by atoms with E-state index in [2.05, 4.69) is 5.32 Å². The van der Waals surface area contributed by atoms with Crippen LogP contribution in [0, 0.1) is 5.82 Å². The fraction of sp³-hybridized carbons (Fsp3) is 0.276. The molecule has 12 heteroatoms. The molecule has 3 aromatic rings. The zero-order valence-corrected chi connectivity index (χ0v) is 23.4. The van der Waals surface area contributed by atoms with E-state index in [0.29, 0.717) is 16.5 Å². The van der Waals surface area contributed by atoms with Gasteiger partial charge in [-0.1, -0.05) is 60.1 Å². The molecule has 0 spiro atoms. The van der Waals surface area contributed by atoms with Gasteiger partial charge in [-0.25, -0.2) is 17.1 Å². The second-order valence-corrected chi connectivity index (χ2v) is 12.0.